The van der Waals surface area contributed by atoms with Gasteiger partial charge in [-0.05, 0) is 43.9 Å². The average molecular weight is 316 g/mol. The molecule has 0 aromatic heterocycles. The summed E-state index contributed by atoms with van der Waals surface area (Å²) in [6, 6.07) is 5.40. The highest BCUT2D eigenvalue weighted by Gasteiger charge is 2.10. The fraction of sp³-hybridized carbons (Fsp3) is 0.450. The molecule has 1 aromatic carbocycles. The standard InChI is InChI=1S/C20H28O3/c1-4-6-8-10-12-18(21)17-13-14-19(20(16-17)22-3)23-15-11-9-7-5-2/h6-9,13-14,16H,4-5,10-12,15H2,1-3H3. The molecule has 0 radical (unpaired) electrons. The van der Waals surface area contributed by atoms with Crippen LogP contribution in [0.3, 0.4) is 0 Å². The molecule has 0 unspecified atom stereocenters. The fourth-order valence-corrected chi connectivity index (χ4v) is 2.13. The van der Waals surface area contributed by atoms with Crippen LogP contribution in [-0.4, -0.2) is 19.5 Å². The molecule has 0 atom stereocenters. The van der Waals surface area contributed by atoms with Crippen LogP contribution in [0.2, 0.25) is 0 Å². The molecule has 0 heterocycles. The molecule has 0 saturated carbocycles. The summed E-state index contributed by atoms with van der Waals surface area (Å²) in [4.78, 5) is 12.2. The van der Waals surface area contributed by atoms with Crippen LogP contribution < -0.4 is 9.47 Å². The topological polar surface area (TPSA) is 35.5 Å². The summed E-state index contributed by atoms with van der Waals surface area (Å²) < 4.78 is 11.1. The third-order valence-corrected chi connectivity index (χ3v) is 3.37. The van der Waals surface area contributed by atoms with Gasteiger partial charge in [0.15, 0.2) is 17.3 Å². The maximum absolute atomic E-state index is 12.2. The second kappa shape index (κ2) is 11.5. The van der Waals surface area contributed by atoms with Gasteiger partial charge in [-0.25, -0.2) is 0 Å². The first-order chi connectivity index (χ1) is 11.2. The van der Waals surface area contributed by atoms with E-state index in [1.165, 1.54) is 0 Å². The molecule has 0 aliphatic carbocycles. The third-order valence-electron chi connectivity index (χ3n) is 3.37. The first-order valence-corrected chi connectivity index (χ1v) is 8.36. The Morgan fingerprint density at radius 3 is 2.35 bits per heavy atom. The van der Waals surface area contributed by atoms with E-state index in [9.17, 15) is 4.79 Å². The molecule has 0 aliphatic rings. The van der Waals surface area contributed by atoms with E-state index in [4.69, 9.17) is 9.47 Å². The van der Waals surface area contributed by atoms with E-state index >= 15 is 0 Å². The number of hydrogen-bond acceptors (Lipinski definition) is 3. The van der Waals surface area contributed by atoms with Crippen molar-refractivity contribution in [3.8, 4) is 11.5 Å². The predicted octanol–water partition coefficient (Wildman–Crippen LogP) is 5.36. The first kappa shape index (κ1) is 19.0. The maximum atomic E-state index is 12.2. The van der Waals surface area contributed by atoms with E-state index in [-0.39, 0.29) is 5.78 Å². The number of rotatable bonds is 11. The number of hydrogen-bond donors (Lipinski definition) is 0. The Hall–Kier alpha value is -2.03. The number of ether oxygens (including phenoxy) is 2. The van der Waals surface area contributed by atoms with Crippen molar-refractivity contribution in [1.29, 1.82) is 0 Å². The zero-order valence-electron chi connectivity index (χ0n) is 14.5. The van der Waals surface area contributed by atoms with Crippen molar-refractivity contribution >= 4 is 5.78 Å². The van der Waals surface area contributed by atoms with E-state index in [0.29, 0.717) is 30.1 Å². The summed E-state index contributed by atoms with van der Waals surface area (Å²) in [5.74, 6) is 1.42. The van der Waals surface area contributed by atoms with E-state index in [0.717, 1.165) is 25.7 Å². The Kier molecular flexibility index (Phi) is 9.53. The second-order valence-electron chi connectivity index (χ2n) is 5.22. The largest absolute Gasteiger partial charge is 0.493 e. The van der Waals surface area contributed by atoms with Gasteiger partial charge in [-0.2, -0.15) is 0 Å². The van der Waals surface area contributed by atoms with Crippen LogP contribution in [0.1, 0.15) is 56.3 Å². The van der Waals surface area contributed by atoms with E-state index in [1.807, 2.05) is 12.1 Å². The van der Waals surface area contributed by atoms with Gasteiger partial charge in [0.05, 0.1) is 13.7 Å². The summed E-state index contributed by atoms with van der Waals surface area (Å²) in [6.45, 7) is 4.79. The number of allylic oxidation sites excluding steroid dienone is 3. The SMILES string of the molecule is CCC=CCCOc1ccc(C(=O)CCC=CCC)cc1OC. The molecule has 3 heteroatoms. The predicted molar refractivity (Wildman–Crippen MR) is 95.5 cm³/mol. The zero-order valence-corrected chi connectivity index (χ0v) is 14.5. The number of benzene rings is 1. The summed E-state index contributed by atoms with van der Waals surface area (Å²) in [5.41, 5.74) is 0.671. The van der Waals surface area contributed by atoms with Crippen LogP contribution in [0, 0.1) is 0 Å². The lowest BCUT2D eigenvalue weighted by molar-refractivity contribution is 0.0983. The van der Waals surface area contributed by atoms with Gasteiger partial charge in [-0.15, -0.1) is 0 Å². The van der Waals surface area contributed by atoms with Gasteiger partial charge in [0.25, 0.3) is 0 Å². The second-order valence-corrected chi connectivity index (χ2v) is 5.22. The van der Waals surface area contributed by atoms with Crippen LogP contribution in [0.4, 0.5) is 0 Å². The van der Waals surface area contributed by atoms with Crippen LogP contribution in [0.15, 0.2) is 42.5 Å². The summed E-state index contributed by atoms with van der Waals surface area (Å²) >= 11 is 0. The van der Waals surface area contributed by atoms with Crippen LogP contribution in [0.5, 0.6) is 11.5 Å². The Bertz CT molecular complexity index is 530. The minimum absolute atomic E-state index is 0.126. The molecule has 0 N–H and O–H groups in total. The smallest absolute Gasteiger partial charge is 0.163 e. The molecule has 3 nitrogen and oxygen atoms in total. The molecule has 1 rings (SSSR count). The van der Waals surface area contributed by atoms with E-state index in [1.54, 1.807) is 13.2 Å². The summed E-state index contributed by atoms with van der Waals surface area (Å²) in [5, 5.41) is 0. The minimum Gasteiger partial charge on any atom is -0.493 e. The number of ketones is 1. The third kappa shape index (κ3) is 7.18. The molecule has 23 heavy (non-hydrogen) atoms. The molecule has 0 amide bonds. The Balaban J connectivity index is 2.62. The van der Waals surface area contributed by atoms with Crippen molar-refractivity contribution < 1.29 is 14.3 Å². The normalized spacial score (nSPS) is 11.3. The highest BCUT2D eigenvalue weighted by molar-refractivity contribution is 5.96. The summed E-state index contributed by atoms with van der Waals surface area (Å²) in [7, 11) is 1.59. The minimum atomic E-state index is 0.126. The fourth-order valence-electron chi connectivity index (χ4n) is 2.13. The van der Waals surface area contributed by atoms with Crippen molar-refractivity contribution in [2.45, 2.75) is 46.0 Å². The van der Waals surface area contributed by atoms with Gasteiger partial charge < -0.3 is 9.47 Å². The molecule has 0 aliphatic heterocycles. The van der Waals surface area contributed by atoms with Gasteiger partial charge in [0.2, 0.25) is 0 Å². The number of methoxy groups -OCH3 is 1. The highest BCUT2D eigenvalue weighted by atomic mass is 16.5. The molecular weight excluding hydrogens is 288 g/mol. The number of carbonyl (C=O) groups excluding carboxylic acids is 1. The zero-order chi connectivity index (χ0) is 16.9. The van der Waals surface area contributed by atoms with Crippen molar-refractivity contribution in [3.63, 3.8) is 0 Å². The Labute approximate surface area is 140 Å². The molecule has 0 saturated heterocycles. The number of carbonyl (C=O) groups is 1. The van der Waals surface area contributed by atoms with Crippen molar-refractivity contribution in [1.82, 2.24) is 0 Å². The molecule has 0 bridgehead atoms. The van der Waals surface area contributed by atoms with E-state index < -0.39 is 0 Å². The Morgan fingerprint density at radius 1 is 1.00 bits per heavy atom. The van der Waals surface area contributed by atoms with Gasteiger partial charge >= 0.3 is 0 Å². The van der Waals surface area contributed by atoms with Gasteiger partial charge in [-0.1, -0.05) is 38.2 Å². The molecule has 126 valence electrons. The highest BCUT2D eigenvalue weighted by Crippen LogP contribution is 2.28. The van der Waals surface area contributed by atoms with Gasteiger partial charge in [0, 0.05) is 12.0 Å². The van der Waals surface area contributed by atoms with E-state index in [2.05, 4.69) is 38.2 Å². The van der Waals surface area contributed by atoms with Crippen LogP contribution >= 0.6 is 0 Å². The van der Waals surface area contributed by atoms with Gasteiger partial charge in [0.1, 0.15) is 0 Å². The van der Waals surface area contributed by atoms with Gasteiger partial charge in [-0.3, -0.25) is 4.79 Å². The lowest BCUT2D eigenvalue weighted by atomic mass is 10.1. The first-order valence-electron chi connectivity index (χ1n) is 8.36. The Morgan fingerprint density at radius 2 is 1.70 bits per heavy atom. The lowest BCUT2D eigenvalue weighted by Crippen LogP contribution is -2.02. The average Bonchev–Trinajstić information content (AvgIpc) is 2.58. The lowest BCUT2D eigenvalue weighted by Gasteiger charge is -2.11. The van der Waals surface area contributed by atoms with Crippen molar-refractivity contribution in [2.24, 2.45) is 0 Å². The van der Waals surface area contributed by atoms with Crippen LogP contribution in [-0.2, 0) is 0 Å². The monoisotopic (exact) mass is 316 g/mol. The molecule has 1 aromatic rings. The molecular formula is C20H28O3. The number of Topliss-reactive ketones (excluding diaryl/α,β-unsaturated/α-hetero) is 1. The molecule has 0 spiro atoms. The van der Waals surface area contributed by atoms with Crippen LogP contribution in [0.25, 0.3) is 0 Å². The van der Waals surface area contributed by atoms with Crippen molar-refractivity contribution in [3.05, 3.63) is 48.1 Å². The maximum Gasteiger partial charge on any atom is 0.163 e. The van der Waals surface area contributed by atoms with Crippen molar-refractivity contribution in [2.75, 3.05) is 13.7 Å². The summed E-state index contributed by atoms with van der Waals surface area (Å²) in [6.07, 6.45) is 12.5. The quantitative estimate of drug-likeness (QED) is 0.313. The molecule has 0 fully saturated rings.